The zero-order valence-corrected chi connectivity index (χ0v) is 15.0. The van der Waals surface area contributed by atoms with Crippen LogP contribution >= 0.6 is 22.9 Å². The Morgan fingerprint density at radius 3 is 2.77 bits per heavy atom. The molecule has 0 amide bonds. The molecule has 0 radical (unpaired) electrons. The highest BCUT2D eigenvalue weighted by atomic mass is 35.5. The SMILES string of the molecule is OC(c1cccnc1)c1c(-c2ccc(Cl)cc2F)coc1-c1ccsc1. The van der Waals surface area contributed by atoms with E-state index in [9.17, 15) is 9.50 Å². The van der Waals surface area contributed by atoms with E-state index in [4.69, 9.17) is 16.0 Å². The van der Waals surface area contributed by atoms with Crippen molar-refractivity contribution in [3.8, 4) is 22.5 Å². The van der Waals surface area contributed by atoms with Crippen LogP contribution in [0.5, 0.6) is 0 Å². The molecule has 130 valence electrons. The van der Waals surface area contributed by atoms with E-state index in [1.165, 1.54) is 23.7 Å². The highest BCUT2D eigenvalue weighted by Crippen LogP contribution is 2.42. The number of nitrogens with zero attached hydrogens (tertiary/aromatic N) is 1. The second-order valence-corrected chi connectivity index (χ2v) is 6.93. The fourth-order valence-corrected chi connectivity index (χ4v) is 3.67. The van der Waals surface area contributed by atoms with Crippen LogP contribution in [0.3, 0.4) is 0 Å². The highest BCUT2D eigenvalue weighted by molar-refractivity contribution is 7.08. The number of aromatic nitrogens is 1. The van der Waals surface area contributed by atoms with E-state index in [0.29, 0.717) is 33.0 Å². The minimum Gasteiger partial charge on any atom is -0.463 e. The Morgan fingerprint density at radius 1 is 1.19 bits per heavy atom. The lowest BCUT2D eigenvalue weighted by Gasteiger charge is -2.14. The van der Waals surface area contributed by atoms with Gasteiger partial charge in [-0.15, -0.1) is 0 Å². The van der Waals surface area contributed by atoms with Gasteiger partial charge < -0.3 is 9.52 Å². The fraction of sp³-hybridized carbons (Fsp3) is 0.0500. The van der Waals surface area contributed by atoms with Crippen molar-refractivity contribution in [2.75, 3.05) is 0 Å². The molecule has 4 aromatic rings. The highest BCUT2D eigenvalue weighted by Gasteiger charge is 2.26. The van der Waals surface area contributed by atoms with Gasteiger partial charge in [-0.3, -0.25) is 4.98 Å². The average Bonchev–Trinajstić information content (AvgIpc) is 3.31. The first-order chi connectivity index (χ1) is 12.6. The van der Waals surface area contributed by atoms with Crippen molar-refractivity contribution in [2.24, 2.45) is 0 Å². The second kappa shape index (κ2) is 7.03. The topological polar surface area (TPSA) is 46.3 Å². The van der Waals surface area contributed by atoms with Crippen LogP contribution in [0.2, 0.25) is 5.02 Å². The van der Waals surface area contributed by atoms with E-state index >= 15 is 0 Å². The Labute approximate surface area is 158 Å². The minimum absolute atomic E-state index is 0.308. The van der Waals surface area contributed by atoms with Crippen molar-refractivity contribution in [3.05, 3.63) is 87.8 Å². The molecule has 26 heavy (non-hydrogen) atoms. The first kappa shape index (κ1) is 17.0. The number of hydrogen-bond donors (Lipinski definition) is 1. The number of rotatable bonds is 4. The lowest BCUT2D eigenvalue weighted by atomic mass is 9.93. The Hall–Kier alpha value is -2.47. The van der Waals surface area contributed by atoms with Gasteiger partial charge in [0, 0.05) is 50.6 Å². The molecule has 0 saturated heterocycles. The Kier molecular flexibility index (Phi) is 4.59. The molecule has 1 unspecified atom stereocenters. The van der Waals surface area contributed by atoms with Crippen LogP contribution in [0.25, 0.3) is 22.5 Å². The zero-order valence-electron chi connectivity index (χ0n) is 13.4. The molecule has 1 N–H and O–H groups in total. The summed E-state index contributed by atoms with van der Waals surface area (Å²) in [5, 5.41) is 15.1. The third-order valence-corrected chi connectivity index (χ3v) is 5.03. The maximum Gasteiger partial charge on any atom is 0.141 e. The maximum atomic E-state index is 14.5. The van der Waals surface area contributed by atoms with Crippen molar-refractivity contribution >= 4 is 22.9 Å². The van der Waals surface area contributed by atoms with Crippen LogP contribution in [0.1, 0.15) is 17.2 Å². The number of aliphatic hydroxyl groups excluding tert-OH is 1. The fourth-order valence-electron chi connectivity index (χ4n) is 2.88. The van der Waals surface area contributed by atoms with Crippen LogP contribution in [0.15, 0.2) is 70.2 Å². The van der Waals surface area contributed by atoms with Crippen LogP contribution in [-0.2, 0) is 0 Å². The molecular formula is C20H13ClFNO2S. The molecule has 6 heteroatoms. The summed E-state index contributed by atoms with van der Waals surface area (Å²) < 4.78 is 20.3. The number of pyridine rings is 1. The number of halogens is 2. The van der Waals surface area contributed by atoms with Gasteiger partial charge in [-0.2, -0.15) is 11.3 Å². The van der Waals surface area contributed by atoms with Crippen molar-refractivity contribution in [3.63, 3.8) is 0 Å². The maximum absolute atomic E-state index is 14.5. The van der Waals surface area contributed by atoms with Gasteiger partial charge in [-0.1, -0.05) is 17.7 Å². The monoisotopic (exact) mass is 385 g/mol. The van der Waals surface area contributed by atoms with Gasteiger partial charge in [0.2, 0.25) is 0 Å². The summed E-state index contributed by atoms with van der Waals surface area (Å²) in [5.41, 5.74) is 2.72. The van der Waals surface area contributed by atoms with Gasteiger partial charge in [0.25, 0.3) is 0 Å². The molecule has 3 nitrogen and oxygen atoms in total. The lowest BCUT2D eigenvalue weighted by molar-refractivity contribution is 0.220. The number of thiophene rings is 1. The first-order valence-corrected chi connectivity index (χ1v) is 9.14. The summed E-state index contributed by atoms with van der Waals surface area (Å²) >= 11 is 7.38. The largest absolute Gasteiger partial charge is 0.463 e. The van der Waals surface area contributed by atoms with Crippen molar-refractivity contribution in [2.45, 2.75) is 6.10 Å². The molecule has 0 aliphatic rings. The van der Waals surface area contributed by atoms with Crippen molar-refractivity contribution < 1.29 is 13.9 Å². The number of benzene rings is 1. The summed E-state index contributed by atoms with van der Waals surface area (Å²) in [5.74, 6) is 0.0294. The quantitative estimate of drug-likeness (QED) is 0.472. The predicted octanol–water partition coefficient (Wildman–Crippen LogP) is 5.94. The Bertz CT molecular complexity index is 1030. The summed E-state index contributed by atoms with van der Waals surface area (Å²) in [6, 6.07) is 9.84. The normalized spacial score (nSPS) is 12.3. The molecule has 0 saturated carbocycles. The van der Waals surface area contributed by atoms with Gasteiger partial charge in [-0.05, 0) is 35.7 Å². The number of hydrogen-bond acceptors (Lipinski definition) is 4. The molecule has 0 aliphatic heterocycles. The molecule has 1 atom stereocenters. The predicted molar refractivity (Wildman–Crippen MR) is 101 cm³/mol. The van der Waals surface area contributed by atoms with Crippen molar-refractivity contribution in [1.29, 1.82) is 0 Å². The molecule has 0 spiro atoms. The standard InChI is InChI=1S/C20H13ClFNO2S/c21-14-3-4-15(17(22)8-14)16-10-25-20(13-5-7-26-11-13)18(16)19(24)12-2-1-6-23-9-12/h1-11,19,24H. The molecule has 4 rings (SSSR count). The summed E-state index contributed by atoms with van der Waals surface area (Å²) in [7, 11) is 0. The van der Waals surface area contributed by atoms with Crippen LogP contribution < -0.4 is 0 Å². The van der Waals surface area contributed by atoms with Crippen molar-refractivity contribution in [1.82, 2.24) is 4.98 Å². The number of furan rings is 1. The Morgan fingerprint density at radius 2 is 2.08 bits per heavy atom. The smallest absolute Gasteiger partial charge is 0.141 e. The van der Waals surface area contributed by atoms with E-state index in [0.717, 1.165) is 5.56 Å². The molecular weight excluding hydrogens is 373 g/mol. The average molecular weight is 386 g/mol. The summed E-state index contributed by atoms with van der Waals surface area (Å²) in [6.07, 6.45) is 3.67. The van der Waals surface area contributed by atoms with E-state index in [1.807, 2.05) is 16.8 Å². The van der Waals surface area contributed by atoms with Crippen LogP contribution in [0, 0.1) is 5.82 Å². The molecule has 3 aromatic heterocycles. The van der Waals surface area contributed by atoms with Gasteiger partial charge in [-0.25, -0.2) is 4.39 Å². The molecule has 0 fully saturated rings. The van der Waals surface area contributed by atoms with E-state index in [-0.39, 0.29) is 0 Å². The van der Waals surface area contributed by atoms with Crippen LogP contribution in [0.4, 0.5) is 4.39 Å². The van der Waals surface area contributed by atoms with Gasteiger partial charge in [0.1, 0.15) is 17.7 Å². The molecule has 0 bridgehead atoms. The molecule has 0 aliphatic carbocycles. The zero-order chi connectivity index (χ0) is 18.1. The van der Waals surface area contributed by atoms with E-state index in [2.05, 4.69) is 4.98 Å². The molecule has 1 aromatic carbocycles. The Balaban J connectivity index is 1.93. The van der Waals surface area contributed by atoms with E-state index < -0.39 is 11.9 Å². The third-order valence-electron chi connectivity index (χ3n) is 4.11. The summed E-state index contributed by atoms with van der Waals surface area (Å²) in [4.78, 5) is 4.06. The third kappa shape index (κ3) is 3.05. The van der Waals surface area contributed by atoms with E-state index in [1.54, 1.807) is 36.7 Å². The lowest BCUT2D eigenvalue weighted by Crippen LogP contribution is -2.02. The van der Waals surface area contributed by atoms with Crippen LogP contribution in [-0.4, -0.2) is 10.1 Å². The van der Waals surface area contributed by atoms with Gasteiger partial charge in [0.05, 0.1) is 6.26 Å². The number of aliphatic hydroxyl groups is 1. The second-order valence-electron chi connectivity index (χ2n) is 5.72. The van der Waals surface area contributed by atoms with Gasteiger partial charge >= 0.3 is 0 Å². The van der Waals surface area contributed by atoms with Gasteiger partial charge in [0.15, 0.2) is 0 Å². The first-order valence-electron chi connectivity index (χ1n) is 7.82. The summed E-state index contributed by atoms with van der Waals surface area (Å²) in [6.45, 7) is 0. The minimum atomic E-state index is -1.01. The molecule has 3 heterocycles.